The highest BCUT2D eigenvalue weighted by molar-refractivity contribution is 7.88. The van der Waals surface area contributed by atoms with E-state index in [0.29, 0.717) is 0 Å². The van der Waals surface area contributed by atoms with Gasteiger partial charge in [0, 0.05) is 0 Å². The smallest absolute Gasteiger partial charge is 0.324 e. The lowest BCUT2D eigenvalue weighted by Gasteiger charge is -2.20. The molecule has 0 aromatic carbocycles. The maximum atomic E-state index is 11.2. The van der Waals surface area contributed by atoms with Crippen LogP contribution in [0.2, 0.25) is 0 Å². The number of hydrogen-bond acceptors (Lipinski definition) is 4. The summed E-state index contributed by atoms with van der Waals surface area (Å²) in [6, 6.07) is 0. The van der Waals surface area contributed by atoms with E-state index < -0.39 is 26.9 Å². The van der Waals surface area contributed by atoms with Gasteiger partial charge >= 0.3 is 5.97 Å². The predicted molar refractivity (Wildman–Crippen MR) is 46.9 cm³/mol. The van der Waals surface area contributed by atoms with Gasteiger partial charge in [-0.2, -0.15) is 8.42 Å². The maximum Gasteiger partial charge on any atom is 0.324 e. The van der Waals surface area contributed by atoms with E-state index in [4.69, 9.17) is 5.11 Å². The van der Waals surface area contributed by atoms with E-state index in [0.717, 1.165) is 6.92 Å². The Labute approximate surface area is 77.8 Å². The van der Waals surface area contributed by atoms with Gasteiger partial charge in [-0.3, -0.25) is 8.98 Å². The summed E-state index contributed by atoms with van der Waals surface area (Å²) in [6.07, 6.45) is 0. The van der Waals surface area contributed by atoms with Crippen LogP contribution >= 0.6 is 0 Å². The fraction of sp³-hybridized carbons (Fsp3) is 0.857. The fourth-order valence-electron chi connectivity index (χ4n) is 0.544. The number of carbonyl (C=O) groups is 1. The zero-order valence-electron chi connectivity index (χ0n) is 8.07. The molecule has 0 saturated carbocycles. The van der Waals surface area contributed by atoms with Crippen molar-refractivity contribution in [2.24, 2.45) is 0 Å². The monoisotopic (exact) mass is 210 g/mol. The Morgan fingerprint density at radius 2 is 1.77 bits per heavy atom. The number of rotatable bonds is 3. The second-order valence-corrected chi connectivity index (χ2v) is 5.53. The molecular formula is C7H14O5S. The van der Waals surface area contributed by atoms with E-state index >= 15 is 0 Å². The molecule has 0 rings (SSSR count). The summed E-state index contributed by atoms with van der Waals surface area (Å²) in [6.45, 7) is 5.70. The van der Waals surface area contributed by atoms with Crippen molar-refractivity contribution in [3.63, 3.8) is 0 Å². The van der Waals surface area contributed by atoms with Crippen molar-refractivity contribution in [3.8, 4) is 0 Å². The maximum absolute atomic E-state index is 11.2. The summed E-state index contributed by atoms with van der Waals surface area (Å²) >= 11 is 0. The van der Waals surface area contributed by atoms with Gasteiger partial charge in [-0.15, -0.1) is 0 Å². The van der Waals surface area contributed by atoms with E-state index in [-0.39, 0.29) is 0 Å². The lowest BCUT2D eigenvalue weighted by molar-refractivity contribution is -0.136. The zero-order valence-corrected chi connectivity index (χ0v) is 8.88. The fourth-order valence-corrected chi connectivity index (χ4v) is 1.63. The van der Waals surface area contributed by atoms with Crippen LogP contribution in [0.25, 0.3) is 0 Å². The lowest BCUT2D eigenvalue weighted by Crippen LogP contribution is -2.34. The highest BCUT2D eigenvalue weighted by atomic mass is 32.2. The van der Waals surface area contributed by atoms with E-state index in [1.807, 2.05) is 0 Å². The zero-order chi connectivity index (χ0) is 10.9. The highest BCUT2D eigenvalue weighted by Crippen LogP contribution is 2.15. The quantitative estimate of drug-likeness (QED) is 0.690. The normalized spacial score (nSPS) is 15.4. The minimum atomic E-state index is -4.02. The van der Waals surface area contributed by atoms with Gasteiger partial charge < -0.3 is 5.11 Å². The average molecular weight is 210 g/mol. The minimum Gasteiger partial charge on any atom is -0.480 e. The highest BCUT2D eigenvalue weighted by Gasteiger charge is 2.32. The molecule has 0 saturated heterocycles. The average Bonchev–Trinajstić information content (AvgIpc) is 1.80. The second-order valence-electron chi connectivity index (χ2n) is 3.67. The standard InChI is InChI=1S/C7H14O5S/c1-5(6(8)9)13(10,11)12-7(2,3)4/h5H,1-4H3,(H,8,9). The van der Waals surface area contributed by atoms with Crippen LogP contribution in [-0.4, -0.2) is 30.3 Å². The van der Waals surface area contributed by atoms with Crippen LogP contribution in [-0.2, 0) is 19.1 Å². The molecule has 0 aliphatic heterocycles. The van der Waals surface area contributed by atoms with Crippen LogP contribution in [0.5, 0.6) is 0 Å². The van der Waals surface area contributed by atoms with Crippen LogP contribution in [0.15, 0.2) is 0 Å². The molecule has 1 N–H and O–H groups in total. The first kappa shape index (κ1) is 12.4. The van der Waals surface area contributed by atoms with Crippen molar-refractivity contribution in [3.05, 3.63) is 0 Å². The molecule has 0 aromatic rings. The largest absolute Gasteiger partial charge is 0.480 e. The van der Waals surface area contributed by atoms with Gasteiger partial charge in [0.1, 0.15) is 0 Å². The second kappa shape index (κ2) is 3.63. The lowest BCUT2D eigenvalue weighted by atomic mass is 10.2. The molecule has 78 valence electrons. The van der Waals surface area contributed by atoms with Crippen molar-refractivity contribution in [2.75, 3.05) is 0 Å². The molecule has 13 heavy (non-hydrogen) atoms. The number of carboxylic acid groups (broad SMARTS) is 1. The Balaban J connectivity index is 4.71. The summed E-state index contributed by atoms with van der Waals surface area (Å²) in [5.41, 5.74) is -0.900. The van der Waals surface area contributed by atoms with Gasteiger partial charge in [0.25, 0.3) is 10.1 Å². The number of hydrogen-bond donors (Lipinski definition) is 1. The van der Waals surface area contributed by atoms with E-state index in [9.17, 15) is 13.2 Å². The minimum absolute atomic E-state index is 0.900. The first-order valence-corrected chi connectivity index (χ1v) is 5.20. The molecule has 0 fully saturated rings. The molecule has 1 atom stereocenters. The molecular weight excluding hydrogens is 196 g/mol. The summed E-state index contributed by atoms with van der Waals surface area (Å²) in [4.78, 5) is 10.4. The van der Waals surface area contributed by atoms with Gasteiger partial charge in [0.2, 0.25) is 0 Å². The summed E-state index contributed by atoms with van der Waals surface area (Å²) in [5.74, 6) is -1.41. The van der Waals surface area contributed by atoms with Crippen molar-refractivity contribution in [1.82, 2.24) is 0 Å². The topological polar surface area (TPSA) is 80.7 Å². The summed E-state index contributed by atoms with van der Waals surface area (Å²) in [5, 5.41) is 6.92. The van der Waals surface area contributed by atoms with Crippen LogP contribution in [0.1, 0.15) is 27.7 Å². The van der Waals surface area contributed by atoms with E-state index in [1.165, 1.54) is 0 Å². The first-order chi connectivity index (χ1) is 5.56. The third-order valence-electron chi connectivity index (χ3n) is 1.15. The number of aliphatic carboxylic acids is 1. The van der Waals surface area contributed by atoms with Gasteiger partial charge in [-0.25, -0.2) is 0 Å². The van der Waals surface area contributed by atoms with Crippen molar-refractivity contribution >= 4 is 16.1 Å². The van der Waals surface area contributed by atoms with E-state index in [1.54, 1.807) is 20.8 Å². The van der Waals surface area contributed by atoms with Gasteiger partial charge in [0.05, 0.1) is 5.60 Å². The van der Waals surface area contributed by atoms with Gasteiger partial charge in [0.15, 0.2) is 5.25 Å². The first-order valence-electron chi connectivity index (χ1n) is 3.73. The third kappa shape index (κ3) is 4.23. The Bertz CT molecular complexity index is 284. The summed E-state index contributed by atoms with van der Waals surface area (Å²) < 4.78 is 27.0. The van der Waals surface area contributed by atoms with Crippen molar-refractivity contribution in [2.45, 2.75) is 38.5 Å². The molecule has 5 nitrogen and oxygen atoms in total. The Morgan fingerprint density at radius 1 is 1.38 bits per heavy atom. The molecule has 0 bridgehead atoms. The number of carboxylic acids is 1. The summed E-state index contributed by atoms with van der Waals surface area (Å²) in [7, 11) is -4.02. The molecule has 0 amide bonds. The van der Waals surface area contributed by atoms with Gasteiger partial charge in [-0.05, 0) is 27.7 Å². The molecule has 6 heteroatoms. The van der Waals surface area contributed by atoms with Crippen LogP contribution < -0.4 is 0 Å². The Kier molecular flexibility index (Phi) is 3.46. The van der Waals surface area contributed by atoms with E-state index in [2.05, 4.69) is 4.18 Å². The Morgan fingerprint density at radius 3 is 2.00 bits per heavy atom. The van der Waals surface area contributed by atoms with Crippen LogP contribution in [0, 0.1) is 0 Å². The Hall–Kier alpha value is -0.620. The van der Waals surface area contributed by atoms with Crippen LogP contribution in [0.4, 0.5) is 0 Å². The molecule has 0 heterocycles. The van der Waals surface area contributed by atoms with Crippen molar-refractivity contribution in [1.29, 1.82) is 0 Å². The predicted octanol–water partition coefficient (Wildman–Crippen LogP) is 0.604. The molecule has 0 aromatic heterocycles. The van der Waals surface area contributed by atoms with Gasteiger partial charge in [-0.1, -0.05) is 0 Å². The van der Waals surface area contributed by atoms with Crippen LogP contribution in [0.3, 0.4) is 0 Å². The SMILES string of the molecule is CC(C(=O)O)S(=O)(=O)OC(C)(C)C. The third-order valence-corrected chi connectivity index (χ3v) is 2.95. The molecule has 0 aliphatic carbocycles. The van der Waals surface area contributed by atoms with Crippen molar-refractivity contribution < 1.29 is 22.5 Å². The molecule has 0 aliphatic rings. The molecule has 0 radical (unpaired) electrons. The molecule has 1 unspecified atom stereocenters. The molecule has 0 spiro atoms.